The van der Waals surface area contributed by atoms with Crippen LogP contribution in [0.2, 0.25) is 5.02 Å². The van der Waals surface area contributed by atoms with Crippen molar-refractivity contribution in [3.8, 4) is 0 Å². The number of hydrogen-bond acceptors (Lipinski definition) is 4. The van der Waals surface area contributed by atoms with Gasteiger partial charge in [0.1, 0.15) is 23.6 Å². The summed E-state index contributed by atoms with van der Waals surface area (Å²) in [7, 11) is 0. The second-order valence-electron chi connectivity index (χ2n) is 4.41. The van der Waals surface area contributed by atoms with E-state index >= 15 is 0 Å². The van der Waals surface area contributed by atoms with Crippen LogP contribution in [-0.4, -0.2) is 25.4 Å². The third kappa shape index (κ3) is 2.51. The van der Waals surface area contributed by atoms with Gasteiger partial charge in [-0.25, -0.2) is 15.0 Å². The van der Waals surface area contributed by atoms with Gasteiger partial charge in [-0.1, -0.05) is 11.6 Å². The molecule has 3 heterocycles. The highest BCUT2D eigenvalue weighted by Crippen LogP contribution is 2.20. The third-order valence-electron chi connectivity index (χ3n) is 2.91. The molecule has 0 saturated heterocycles. The number of nitrogens with zero attached hydrogens (tertiary/aromatic N) is 4. The van der Waals surface area contributed by atoms with Crippen molar-refractivity contribution in [1.82, 2.24) is 19.5 Å². The molecule has 0 fully saturated rings. The van der Waals surface area contributed by atoms with E-state index in [1.165, 1.54) is 0 Å². The van der Waals surface area contributed by atoms with Crippen molar-refractivity contribution in [2.75, 3.05) is 5.88 Å². The fourth-order valence-corrected chi connectivity index (χ4v) is 2.41. The molecule has 0 N–H and O–H groups in total. The second-order valence-corrected chi connectivity index (χ2v) is 5.23. The molecule has 3 rings (SSSR count). The molecule has 0 aliphatic carbocycles. The zero-order valence-electron chi connectivity index (χ0n) is 10.8. The smallest absolute Gasteiger partial charge is 0.214 e. The summed E-state index contributed by atoms with van der Waals surface area (Å²) in [4.78, 5) is 13.1. The minimum absolute atomic E-state index is 0.477. The SMILES string of the molecule is Cc1cnc(Cn2c(CCCl)nc3cc(Cl)cnc32)o1. The van der Waals surface area contributed by atoms with Gasteiger partial charge in [0.05, 0.1) is 11.2 Å². The van der Waals surface area contributed by atoms with E-state index in [0.717, 1.165) is 22.7 Å². The Bertz CT molecular complexity index is 750. The van der Waals surface area contributed by atoms with E-state index in [-0.39, 0.29) is 0 Å². The zero-order chi connectivity index (χ0) is 14.1. The molecule has 0 bridgehead atoms. The van der Waals surface area contributed by atoms with Gasteiger partial charge in [0, 0.05) is 18.5 Å². The molecule has 0 amide bonds. The Morgan fingerprint density at radius 2 is 2.15 bits per heavy atom. The molecule has 0 aliphatic rings. The maximum absolute atomic E-state index is 5.95. The Morgan fingerprint density at radius 3 is 2.85 bits per heavy atom. The van der Waals surface area contributed by atoms with Crippen molar-refractivity contribution in [2.24, 2.45) is 0 Å². The normalized spacial score (nSPS) is 11.3. The first-order valence-corrected chi connectivity index (χ1v) is 7.06. The standard InChI is InChI=1S/C13H12Cl2N4O/c1-8-5-16-12(20-8)7-19-11(2-3-14)18-10-4-9(15)6-17-13(10)19/h4-6H,2-3,7H2,1H3. The van der Waals surface area contributed by atoms with Crippen LogP contribution in [0.3, 0.4) is 0 Å². The lowest BCUT2D eigenvalue weighted by Gasteiger charge is -2.04. The van der Waals surface area contributed by atoms with Gasteiger partial charge in [0.15, 0.2) is 5.65 Å². The third-order valence-corrected chi connectivity index (χ3v) is 3.31. The average molecular weight is 311 g/mol. The van der Waals surface area contributed by atoms with E-state index in [1.807, 2.05) is 11.5 Å². The molecule has 5 nitrogen and oxygen atoms in total. The van der Waals surface area contributed by atoms with Crippen LogP contribution in [0.4, 0.5) is 0 Å². The molecule has 0 spiro atoms. The lowest BCUT2D eigenvalue weighted by molar-refractivity contribution is 0.456. The van der Waals surface area contributed by atoms with Crippen molar-refractivity contribution >= 4 is 34.4 Å². The number of alkyl halides is 1. The highest BCUT2D eigenvalue weighted by Gasteiger charge is 2.14. The molecule has 0 aromatic carbocycles. The van der Waals surface area contributed by atoms with Gasteiger partial charge in [-0.3, -0.25) is 0 Å². The number of imidazole rings is 1. The van der Waals surface area contributed by atoms with Crippen molar-refractivity contribution in [2.45, 2.75) is 19.9 Å². The lowest BCUT2D eigenvalue weighted by atomic mass is 10.4. The zero-order valence-corrected chi connectivity index (χ0v) is 12.3. The Morgan fingerprint density at radius 1 is 1.30 bits per heavy atom. The van der Waals surface area contributed by atoms with Gasteiger partial charge in [0.2, 0.25) is 5.89 Å². The number of oxazole rings is 1. The molecule has 3 aromatic heterocycles. The van der Waals surface area contributed by atoms with Crippen LogP contribution >= 0.6 is 23.2 Å². The largest absolute Gasteiger partial charge is 0.444 e. The predicted molar refractivity (Wildman–Crippen MR) is 77.3 cm³/mol. The molecule has 7 heteroatoms. The molecular formula is C13H12Cl2N4O. The van der Waals surface area contributed by atoms with Crippen LogP contribution in [0.1, 0.15) is 17.5 Å². The average Bonchev–Trinajstić information content (AvgIpc) is 2.95. The highest BCUT2D eigenvalue weighted by atomic mass is 35.5. The lowest BCUT2D eigenvalue weighted by Crippen LogP contribution is -2.06. The van der Waals surface area contributed by atoms with Crippen LogP contribution < -0.4 is 0 Å². The molecule has 0 atom stereocenters. The molecule has 0 unspecified atom stereocenters. The fraction of sp³-hybridized carbons (Fsp3) is 0.308. The van der Waals surface area contributed by atoms with Crippen molar-refractivity contribution < 1.29 is 4.42 Å². The van der Waals surface area contributed by atoms with Gasteiger partial charge in [-0.05, 0) is 13.0 Å². The number of fused-ring (bicyclic) bond motifs is 1. The monoisotopic (exact) mass is 310 g/mol. The summed E-state index contributed by atoms with van der Waals surface area (Å²) in [5, 5.41) is 0.562. The van der Waals surface area contributed by atoms with Crippen molar-refractivity contribution in [3.63, 3.8) is 0 Å². The molecule has 104 valence electrons. The van der Waals surface area contributed by atoms with Crippen LogP contribution in [0.15, 0.2) is 22.9 Å². The van der Waals surface area contributed by atoms with E-state index in [2.05, 4.69) is 15.0 Å². The first-order chi connectivity index (χ1) is 9.67. The summed E-state index contributed by atoms with van der Waals surface area (Å²) in [6.07, 6.45) is 3.95. The fourth-order valence-electron chi connectivity index (χ4n) is 2.08. The summed E-state index contributed by atoms with van der Waals surface area (Å²) in [6, 6.07) is 1.79. The minimum Gasteiger partial charge on any atom is -0.444 e. The van der Waals surface area contributed by atoms with Crippen LogP contribution in [0, 0.1) is 6.92 Å². The van der Waals surface area contributed by atoms with Gasteiger partial charge in [-0.15, -0.1) is 11.6 Å². The van der Waals surface area contributed by atoms with E-state index in [4.69, 9.17) is 27.6 Å². The summed E-state index contributed by atoms with van der Waals surface area (Å²) in [6.45, 7) is 2.34. The van der Waals surface area contributed by atoms with Crippen molar-refractivity contribution in [1.29, 1.82) is 0 Å². The quantitative estimate of drug-likeness (QED) is 0.694. The molecule has 0 aliphatic heterocycles. The van der Waals surface area contributed by atoms with E-state index in [0.29, 0.717) is 29.8 Å². The number of rotatable bonds is 4. The first-order valence-electron chi connectivity index (χ1n) is 6.15. The van der Waals surface area contributed by atoms with Crippen LogP contribution in [-0.2, 0) is 13.0 Å². The topological polar surface area (TPSA) is 56.7 Å². The first kappa shape index (κ1) is 13.4. The van der Waals surface area contributed by atoms with Gasteiger partial charge in [-0.2, -0.15) is 0 Å². The number of hydrogen-bond donors (Lipinski definition) is 0. The number of pyridine rings is 1. The van der Waals surface area contributed by atoms with Gasteiger partial charge < -0.3 is 8.98 Å². The number of aryl methyl sites for hydroxylation is 2. The Kier molecular flexibility index (Phi) is 3.63. The van der Waals surface area contributed by atoms with E-state index in [1.54, 1.807) is 18.5 Å². The summed E-state index contributed by atoms with van der Waals surface area (Å²) >= 11 is 11.8. The molecule has 3 aromatic rings. The maximum Gasteiger partial charge on any atom is 0.214 e. The van der Waals surface area contributed by atoms with Gasteiger partial charge >= 0.3 is 0 Å². The van der Waals surface area contributed by atoms with E-state index in [9.17, 15) is 0 Å². The molecular weight excluding hydrogens is 299 g/mol. The van der Waals surface area contributed by atoms with Crippen molar-refractivity contribution in [3.05, 3.63) is 41.0 Å². The molecule has 0 saturated carbocycles. The summed E-state index contributed by atoms with van der Waals surface area (Å²) in [5.41, 5.74) is 1.51. The number of aromatic nitrogens is 4. The number of halogens is 2. The molecule has 20 heavy (non-hydrogen) atoms. The molecule has 0 radical (unpaired) electrons. The van der Waals surface area contributed by atoms with Crippen LogP contribution in [0.25, 0.3) is 11.2 Å². The minimum atomic E-state index is 0.477. The summed E-state index contributed by atoms with van der Waals surface area (Å²) < 4.78 is 7.47. The Balaban J connectivity index is 2.08. The van der Waals surface area contributed by atoms with E-state index < -0.39 is 0 Å². The highest BCUT2D eigenvalue weighted by molar-refractivity contribution is 6.31. The Labute approximate surface area is 125 Å². The second kappa shape index (κ2) is 5.42. The van der Waals surface area contributed by atoms with Crippen LogP contribution in [0.5, 0.6) is 0 Å². The maximum atomic E-state index is 5.95. The predicted octanol–water partition coefficient (Wildman–Crippen LogP) is 3.21. The summed E-state index contributed by atoms with van der Waals surface area (Å²) in [5.74, 6) is 2.73. The Hall–Kier alpha value is -1.59. The van der Waals surface area contributed by atoms with Gasteiger partial charge in [0.25, 0.3) is 0 Å².